The molecule has 104 valence electrons. The van der Waals surface area contributed by atoms with Crippen molar-refractivity contribution >= 4 is 17.5 Å². The third kappa shape index (κ3) is 2.93. The van der Waals surface area contributed by atoms with Gasteiger partial charge in [-0.1, -0.05) is 0 Å². The number of pyridine rings is 1. The van der Waals surface area contributed by atoms with E-state index in [0.717, 1.165) is 18.9 Å². The molecule has 0 unspecified atom stereocenters. The molecule has 7 heteroatoms. The molecule has 7 N–H and O–H groups in total. The van der Waals surface area contributed by atoms with Crippen molar-refractivity contribution in [1.29, 1.82) is 0 Å². The molecule has 1 amide bonds. The molecule has 1 fully saturated rings. The van der Waals surface area contributed by atoms with Gasteiger partial charge >= 0.3 is 0 Å². The van der Waals surface area contributed by atoms with Crippen molar-refractivity contribution < 1.29 is 9.18 Å². The Labute approximate surface area is 110 Å². The Kier molecular flexibility index (Phi) is 3.57. The van der Waals surface area contributed by atoms with Gasteiger partial charge in [0.1, 0.15) is 5.82 Å². The van der Waals surface area contributed by atoms with E-state index in [9.17, 15) is 9.18 Å². The number of nitrogens with one attached hydrogen (secondary N) is 1. The zero-order chi connectivity index (χ0) is 14.2. The predicted molar refractivity (Wildman–Crippen MR) is 70.9 cm³/mol. The summed E-state index contributed by atoms with van der Waals surface area (Å²) in [5, 5.41) is 2.97. The van der Waals surface area contributed by atoms with E-state index in [-0.39, 0.29) is 29.3 Å². The highest BCUT2D eigenvalue weighted by Crippen LogP contribution is 2.35. The molecule has 0 aliphatic heterocycles. The van der Waals surface area contributed by atoms with Crippen LogP contribution < -0.4 is 22.5 Å². The van der Waals surface area contributed by atoms with Crippen LogP contribution in [0.5, 0.6) is 0 Å². The lowest BCUT2D eigenvalue weighted by Gasteiger charge is -2.23. The number of amides is 1. The molecule has 1 aliphatic carbocycles. The Balaban J connectivity index is 2.25. The van der Waals surface area contributed by atoms with Crippen LogP contribution in [0.4, 0.5) is 16.0 Å². The molecule has 0 radical (unpaired) electrons. The third-order valence-electron chi connectivity index (χ3n) is 3.27. The van der Waals surface area contributed by atoms with Gasteiger partial charge in [-0.05, 0) is 31.7 Å². The molecular weight excluding hydrogens is 249 g/mol. The normalized spacial score (nSPS) is 17.8. The monoisotopic (exact) mass is 267 g/mol. The van der Waals surface area contributed by atoms with Crippen molar-refractivity contribution in [2.45, 2.75) is 31.8 Å². The van der Waals surface area contributed by atoms with Crippen LogP contribution in [-0.2, 0) is 0 Å². The van der Waals surface area contributed by atoms with Crippen molar-refractivity contribution in [3.05, 3.63) is 17.4 Å². The maximum Gasteiger partial charge on any atom is 0.252 e. The summed E-state index contributed by atoms with van der Waals surface area (Å²) in [6.07, 6.45) is 2.13. The van der Waals surface area contributed by atoms with E-state index in [2.05, 4.69) is 10.3 Å². The van der Waals surface area contributed by atoms with Crippen molar-refractivity contribution in [1.82, 2.24) is 4.98 Å². The summed E-state index contributed by atoms with van der Waals surface area (Å²) in [7, 11) is 0. The fourth-order valence-electron chi connectivity index (χ4n) is 2.09. The highest BCUT2D eigenvalue weighted by atomic mass is 19.1. The van der Waals surface area contributed by atoms with E-state index >= 15 is 0 Å². The number of anilines is 2. The van der Waals surface area contributed by atoms with Gasteiger partial charge in [0.25, 0.3) is 5.91 Å². The van der Waals surface area contributed by atoms with Crippen LogP contribution in [0.2, 0.25) is 0 Å². The van der Waals surface area contributed by atoms with Gasteiger partial charge in [-0.2, -0.15) is 0 Å². The molecule has 19 heavy (non-hydrogen) atoms. The minimum absolute atomic E-state index is 0.0108. The minimum atomic E-state index is -0.804. The van der Waals surface area contributed by atoms with Gasteiger partial charge in [0, 0.05) is 12.1 Å². The lowest BCUT2D eigenvalue weighted by molar-refractivity contribution is 0.100. The molecule has 0 spiro atoms. The molecule has 1 aliphatic rings. The Hall–Kier alpha value is -1.89. The minimum Gasteiger partial charge on any atom is -0.383 e. The van der Waals surface area contributed by atoms with Crippen LogP contribution >= 0.6 is 0 Å². The first-order chi connectivity index (χ1) is 8.90. The second kappa shape index (κ2) is 5.00. The summed E-state index contributed by atoms with van der Waals surface area (Å²) in [5.41, 5.74) is 16.4. The van der Waals surface area contributed by atoms with E-state index in [0.29, 0.717) is 5.92 Å². The maximum absolute atomic E-state index is 13.9. The first kappa shape index (κ1) is 13.5. The number of carbonyl (C=O) groups excluding carboxylic acids is 1. The first-order valence-corrected chi connectivity index (χ1v) is 6.18. The summed E-state index contributed by atoms with van der Waals surface area (Å²) in [4.78, 5) is 14.9. The molecule has 0 saturated heterocycles. The molecule has 1 aromatic rings. The summed E-state index contributed by atoms with van der Waals surface area (Å²) in [6, 6.07) is 0.810. The Morgan fingerprint density at radius 3 is 2.68 bits per heavy atom. The zero-order valence-corrected chi connectivity index (χ0v) is 10.7. The lowest BCUT2D eigenvalue weighted by Crippen LogP contribution is -2.40. The third-order valence-corrected chi connectivity index (χ3v) is 3.27. The quantitative estimate of drug-likeness (QED) is 0.617. The molecule has 2 rings (SSSR count). The summed E-state index contributed by atoms with van der Waals surface area (Å²) < 4.78 is 13.9. The number of halogens is 1. The van der Waals surface area contributed by atoms with Crippen LogP contribution in [0.25, 0.3) is 0 Å². The summed E-state index contributed by atoms with van der Waals surface area (Å²) in [6.45, 7) is 1.86. The van der Waals surface area contributed by atoms with Gasteiger partial charge < -0.3 is 22.5 Å². The number of primary amides is 1. The van der Waals surface area contributed by atoms with Crippen LogP contribution in [0, 0.1) is 11.7 Å². The molecule has 0 aromatic carbocycles. The molecule has 2 atom stereocenters. The fourth-order valence-corrected chi connectivity index (χ4v) is 2.09. The molecule has 1 heterocycles. The van der Waals surface area contributed by atoms with E-state index in [1.54, 1.807) is 0 Å². The summed E-state index contributed by atoms with van der Waals surface area (Å²) in [5.74, 6) is -1.11. The van der Waals surface area contributed by atoms with Gasteiger partial charge in [0.05, 0.1) is 5.56 Å². The SMILES string of the molecule is C[C@H](N)[C@H](Nc1nc(N)c(C(N)=O)cc1F)C1CC1. The Bertz CT molecular complexity index is 499. The van der Waals surface area contributed by atoms with E-state index in [1.165, 1.54) is 0 Å². The lowest BCUT2D eigenvalue weighted by atomic mass is 10.1. The number of hydrogen-bond acceptors (Lipinski definition) is 5. The standard InChI is InChI=1S/C12H18FN5O/c1-5(14)9(6-2-3-6)17-12-8(13)4-7(11(16)19)10(15)18-12/h4-6,9H,2-3,14H2,1H3,(H2,16,19)(H3,15,17,18)/t5-,9-/m0/s1. The molecule has 0 bridgehead atoms. The van der Waals surface area contributed by atoms with Crippen LogP contribution in [0.1, 0.15) is 30.1 Å². The maximum atomic E-state index is 13.9. The van der Waals surface area contributed by atoms with Gasteiger partial charge in [-0.3, -0.25) is 4.79 Å². The number of aromatic nitrogens is 1. The van der Waals surface area contributed by atoms with Crippen molar-refractivity contribution in [3.8, 4) is 0 Å². The molecule has 1 saturated carbocycles. The van der Waals surface area contributed by atoms with Gasteiger partial charge in [0.2, 0.25) is 0 Å². The van der Waals surface area contributed by atoms with E-state index in [1.807, 2.05) is 6.92 Å². The van der Waals surface area contributed by atoms with E-state index in [4.69, 9.17) is 17.2 Å². The highest BCUT2D eigenvalue weighted by molar-refractivity contribution is 5.97. The highest BCUT2D eigenvalue weighted by Gasteiger charge is 2.34. The average molecular weight is 267 g/mol. The Morgan fingerprint density at radius 2 is 2.21 bits per heavy atom. The van der Waals surface area contributed by atoms with Crippen LogP contribution in [0.3, 0.4) is 0 Å². The number of hydrogen-bond donors (Lipinski definition) is 4. The van der Waals surface area contributed by atoms with Crippen LogP contribution in [0.15, 0.2) is 6.07 Å². The largest absolute Gasteiger partial charge is 0.383 e. The first-order valence-electron chi connectivity index (χ1n) is 6.18. The predicted octanol–water partition coefficient (Wildman–Crippen LogP) is 0.439. The van der Waals surface area contributed by atoms with E-state index < -0.39 is 11.7 Å². The zero-order valence-electron chi connectivity index (χ0n) is 10.7. The van der Waals surface area contributed by atoms with Crippen molar-refractivity contribution in [2.75, 3.05) is 11.1 Å². The second-order valence-electron chi connectivity index (χ2n) is 4.98. The molecular formula is C12H18FN5O. The number of carbonyl (C=O) groups is 1. The average Bonchev–Trinajstić information content (AvgIpc) is 3.12. The number of nitrogen functional groups attached to an aromatic ring is 1. The molecule has 1 aromatic heterocycles. The fraction of sp³-hybridized carbons (Fsp3) is 0.500. The number of nitrogens with zero attached hydrogens (tertiary/aromatic N) is 1. The van der Waals surface area contributed by atoms with Gasteiger partial charge in [-0.15, -0.1) is 0 Å². The summed E-state index contributed by atoms with van der Waals surface area (Å²) >= 11 is 0. The number of nitrogens with two attached hydrogens (primary N) is 3. The Morgan fingerprint density at radius 1 is 1.58 bits per heavy atom. The smallest absolute Gasteiger partial charge is 0.252 e. The van der Waals surface area contributed by atoms with Crippen LogP contribution in [-0.4, -0.2) is 23.0 Å². The molecule has 6 nitrogen and oxygen atoms in total. The van der Waals surface area contributed by atoms with Crippen molar-refractivity contribution in [3.63, 3.8) is 0 Å². The number of rotatable bonds is 5. The topological polar surface area (TPSA) is 120 Å². The van der Waals surface area contributed by atoms with Crippen molar-refractivity contribution in [2.24, 2.45) is 17.4 Å². The second-order valence-corrected chi connectivity index (χ2v) is 4.98. The van der Waals surface area contributed by atoms with Gasteiger partial charge in [0.15, 0.2) is 11.6 Å². The van der Waals surface area contributed by atoms with Gasteiger partial charge in [-0.25, -0.2) is 9.37 Å².